The minimum Gasteiger partial charge on any atom is -0.385 e. The smallest absolute Gasteiger partial charge is 0.223 e. The van der Waals surface area contributed by atoms with Crippen molar-refractivity contribution in [2.75, 3.05) is 31.3 Å². The summed E-state index contributed by atoms with van der Waals surface area (Å²) in [6, 6.07) is 2.18. The van der Waals surface area contributed by atoms with Crippen molar-refractivity contribution in [1.29, 1.82) is 0 Å². The Morgan fingerprint density at radius 2 is 2.24 bits per heavy atom. The first-order chi connectivity index (χ1) is 10.2. The van der Waals surface area contributed by atoms with Crippen LogP contribution in [0.2, 0.25) is 0 Å². The minimum atomic E-state index is 0.344. The number of nitrogens with zero attached hydrogens (tertiary/aromatic N) is 2. The van der Waals surface area contributed by atoms with Crippen LogP contribution in [0.5, 0.6) is 0 Å². The van der Waals surface area contributed by atoms with Crippen LogP contribution < -0.4 is 11.1 Å². The summed E-state index contributed by atoms with van der Waals surface area (Å²) in [4.78, 5) is 11.0. The predicted molar refractivity (Wildman–Crippen MR) is 87.9 cm³/mol. The lowest BCUT2D eigenvalue weighted by Crippen LogP contribution is -2.18. The molecule has 1 fully saturated rings. The van der Waals surface area contributed by atoms with Crippen LogP contribution in [-0.4, -0.2) is 30.2 Å². The van der Waals surface area contributed by atoms with Gasteiger partial charge in [0, 0.05) is 25.1 Å². The first-order valence-electron chi connectivity index (χ1n) is 7.44. The Labute approximate surface area is 128 Å². The van der Waals surface area contributed by atoms with E-state index in [2.05, 4.69) is 28.3 Å². The minimum absolute atomic E-state index is 0.344. The number of hydrogen-bond acceptors (Lipinski definition) is 6. The van der Waals surface area contributed by atoms with Gasteiger partial charge in [-0.05, 0) is 37.2 Å². The molecule has 0 amide bonds. The van der Waals surface area contributed by atoms with E-state index in [0.29, 0.717) is 11.4 Å². The summed E-state index contributed by atoms with van der Waals surface area (Å²) in [7, 11) is 1.76. The number of aryl methyl sites for hydroxylation is 1. The number of methoxy groups -OCH3 is 1. The third-order valence-corrected chi connectivity index (χ3v) is 5.41. The van der Waals surface area contributed by atoms with Gasteiger partial charge in [-0.1, -0.05) is 6.92 Å². The maximum atomic E-state index is 5.84. The summed E-state index contributed by atoms with van der Waals surface area (Å²) < 4.78 is 5.21. The quantitative estimate of drug-likeness (QED) is 0.822. The SMILES string of the molecule is CCc1cc2c(NCC3(CCOC)CC3)nc(N)nc2s1. The van der Waals surface area contributed by atoms with Gasteiger partial charge in [0.05, 0.1) is 5.39 Å². The molecule has 1 saturated carbocycles. The topological polar surface area (TPSA) is 73.1 Å². The zero-order valence-electron chi connectivity index (χ0n) is 12.6. The Morgan fingerprint density at radius 3 is 2.90 bits per heavy atom. The standard InChI is InChI=1S/C15H22N4OS/c1-3-10-8-11-12(18-14(16)19-13(11)21-10)17-9-15(4-5-15)6-7-20-2/h8H,3-7,9H2,1-2H3,(H3,16,17,18,19). The molecule has 21 heavy (non-hydrogen) atoms. The van der Waals surface area contributed by atoms with Gasteiger partial charge in [0.15, 0.2) is 0 Å². The molecule has 3 rings (SSSR count). The van der Waals surface area contributed by atoms with Crippen LogP contribution in [0.15, 0.2) is 6.07 Å². The first kappa shape index (κ1) is 14.5. The Balaban J connectivity index is 1.78. The number of anilines is 2. The molecule has 1 aliphatic rings. The number of hydrogen-bond donors (Lipinski definition) is 2. The molecule has 6 heteroatoms. The van der Waals surface area contributed by atoms with Gasteiger partial charge in [-0.3, -0.25) is 0 Å². The molecule has 5 nitrogen and oxygen atoms in total. The van der Waals surface area contributed by atoms with Crippen molar-refractivity contribution in [3.05, 3.63) is 10.9 Å². The second-order valence-electron chi connectivity index (χ2n) is 5.81. The summed E-state index contributed by atoms with van der Waals surface area (Å²) in [6.07, 6.45) is 4.63. The fourth-order valence-electron chi connectivity index (χ4n) is 2.58. The van der Waals surface area contributed by atoms with E-state index in [0.717, 1.165) is 42.0 Å². The number of nitrogen functional groups attached to an aromatic ring is 1. The van der Waals surface area contributed by atoms with Crippen molar-refractivity contribution in [2.45, 2.75) is 32.6 Å². The second-order valence-corrected chi connectivity index (χ2v) is 6.93. The molecule has 2 aromatic rings. The van der Waals surface area contributed by atoms with Crippen molar-refractivity contribution < 1.29 is 4.74 Å². The molecule has 0 atom stereocenters. The summed E-state index contributed by atoms with van der Waals surface area (Å²) in [6.45, 7) is 3.90. The van der Waals surface area contributed by atoms with Crippen LogP contribution >= 0.6 is 11.3 Å². The van der Waals surface area contributed by atoms with Gasteiger partial charge in [-0.2, -0.15) is 4.98 Å². The Bertz CT molecular complexity index is 636. The van der Waals surface area contributed by atoms with Crippen LogP contribution in [0.25, 0.3) is 10.2 Å². The average Bonchev–Trinajstić information content (AvgIpc) is 3.13. The Kier molecular flexibility index (Phi) is 3.99. The van der Waals surface area contributed by atoms with E-state index >= 15 is 0 Å². The van der Waals surface area contributed by atoms with Gasteiger partial charge in [-0.15, -0.1) is 11.3 Å². The van der Waals surface area contributed by atoms with Crippen LogP contribution in [0.4, 0.5) is 11.8 Å². The molecule has 2 aromatic heterocycles. The predicted octanol–water partition coefficient (Wildman–Crippen LogP) is 3.06. The fourth-order valence-corrected chi connectivity index (χ4v) is 3.55. The van der Waals surface area contributed by atoms with Crippen LogP contribution in [-0.2, 0) is 11.2 Å². The molecule has 1 aliphatic carbocycles. The molecular formula is C15H22N4OS. The van der Waals surface area contributed by atoms with Crippen molar-refractivity contribution in [3.63, 3.8) is 0 Å². The van der Waals surface area contributed by atoms with E-state index in [-0.39, 0.29) is 0 Å². The van der Waals surface area contributed by atoms with Crippen LogP contribution in [0.3, 0.4) is 0 Å². The lowest BCUT2D eigenvalue weighted by atomic mass is 10.0. The van der Waals surface area contributed by atoms with Crippen LogP contribution in [0, 0.1) is 5.41 Å². The maximum Gasteiger partial charge on any atom is 0.223 e. The molecule has 0 aliphatic heterocycles. The monoisotopic (exact) mass is 306 g/mol. The summed E-state index contributed by atoms with van der Waals surface area (Å²) in [5.74, 6) is 1.22. The number of aromatic nitrogens is 2. The number of fused-ring (bicyclic) bond motifs is 1. The van der Waals surface area contributed by atoms with Gasteiger partial charge >= 0.3 is 0 Å². The Hall–Kier alpha value is -1.40. The number of rotatable bonds is 7. The summed E-state index contributed by atoms with van der Waals surface area (Å²) in [5, 5.41) is 4.59. The number of thiophene rings is 1. The zero-order valence-corrected chi connectivity index (χ0v) is 13.4. The van der Waals surface area contributed by atoms with E-state index < -0.39 is 0 Å². The lowest BCUT2D eigenvalue weighted by molar-refractivity contribution is 0.175. The molecular weight excluding hydrogens is 284 g/mol. The average molecular weight is 306 g/mol. The van der Waals surface area contributed by atoms with Gasteiger partial charge < -0.3 is 15.8 Å². The van der Waals surface area contributed by atoms with Crippen molar-refractivity contribution in [2.24, 2.45) is 5.41 Å². The molecule has 0 bridgehead atoms. The highest BCUT2D eigenvalue weighted by Crippen LogP contribution is 2.48. The second kappa shape index (κ2) is 5.77. The number of nitrogens with two attached hydrogens (primary N) is 1. The molecule has 3 N–H and O–H groups in total. The first-order valence-corrected chi connectivity index (χ1v) is 8.26. The number of nitrogens with one attached hydrogen (secondary N) is 1. The van der Waals surface area contributed by atoms with E-state index in [1.165, 1.54) is 17.7 Å². The normalized spacial score (nSPS) is 16.3. The zero-order chi connectivity index (χ0) is 14.9. The van der Waals surface area contributed by atoms with Gasteiger partial charge in [0.2, 0.25) is 5.95 Å². The van der Waals surface area contributed by atoms with E-state index in [9.17, 15) is 0 Å². The van der Waals surface area contributed by atoms with Crippen LogP contribution in [0.1, 0.15) is 31.1 Å². The molecule has 0 aromatic carbocycles. The highest BCUT2D eigenvalue weighted by molar-refractivity contribution is 7.18. The molecule has 0 saturated heterocycles. The number of ether oxygens (including phenoxy) is 1. The molecule has 0 radical (unpaired) electrons. The van der Waals surface area contributed by atoms with Crippen molar-refractivity contribution >= 4 is 33.3 Å². The molecule has 114 valence electrons. The molecule has 2 heterocycles. The largest absolute Gasteiger partial charge is 0.385 e. The highest BCUT2D eigenvalue weighted by atomic mass is 32.1. The van der Waals surface area contributed by atoms with Gasteiger partial charge in [0.25, 0.3) is 0 Å². The third kappa shape index (κ3) is 3.11. The molecule has 0 spiro atoms. The van der Waals surface area contributed by atoms with Crippen molar-refractivity contribution in [1.82, 2.24) is 9.97 Å². The highest BCUT2D eigenvalue weighted by Gasteiger charge is 2.41. The fraction of sp³-hybridized carbons (Fsp3) is 0.600. The van der Waals surface area contributed by atoms with Crippen molar-refractivity contribution in [3.8, 4) is 0 Å². The Morgan fingerprint density at radius 1 is 1.43 bits per heavy atom. The maximum absolute atomic E-state index is 5.84. The van der Waals surface area contributed by atoms with Gasteiger partial charge in [0.1, 0.15) is 10.6 Å². The molecule has 0 unspecified atom stereocenters. The van der Waals surface area contributed by atoms with E-state index in [1.54, 1.807) is 18.4 Å². The van der Waals surface area contributed by atoms with Gasteiger partial charge in [-0.25, -0.2) is 4.98 Å². The lowest BCUT2D eigenvalue weighted by Gasteiger charge is -2.16. The van der Waals surface area contributed by atoms with E-state index in [4.69, 9.17) is 10.5 Å². The van der Waals surface area contributed by atoms with E-state index in [1.807, 2.05) is 0 Å². The summed E-state index contributed by atoms with van der Waals surface area (Å²) in [5.41, 5.74) is 6.22. The summed E-state index contributed by atoms with van der Waals surface area (Å²) >= 11 is 1.70. The third-order valence-electron chi connectivity index (χ3n) is 4.23.